The van der Waals surface area contributed by atoms with Crippen LogP contribution < -0.4 is 0 Å². The summed E-state index contributed by atoms with van der Waals surface area (Å²) in [5, 5.41) is 4.55. The molecule has 0 saturated carbocycles. The maximum atomic E-state index is 12.9. The molecular formula is C14H18BrF3N2OSi. The number of ether oxygens (including phenoxy) is 1. The quantitative estimate of drug-likeness (QED) is 0.519. The Morgan fingerprint density at radius 3 is 2.55 bits per heavy atom. The van der Waals surface area contributed by atoms with E-state index in [1.54, 1.807) is 4.68 Å². The SMILES string of the molecule is C[Si](C)(C)CCOCn1ncc2c(Br)c(C(F)(F)F)ccc21. The molecular weight excluding hydrogens is 377 g/mol. The Morgan fingerprint density at radius 2 is 1.95 bits per heavy atom. The molecule has 2 rings (SSSR count). The van der Waals surface area contributed by atoms with Gasteiger partial charge in [-0.05, 0) is 34.1 Å². The maximum Gasteiger partial charge on any atom is 0.417 e. The van der Waals surface area contributed by atoms with Crippen LogP contribution in [0.4, 0.5) is 13.2 Å². The lowest BCUT2D eigenvalue weighted by atomic mass is 10.1. The third kappa shape index (κ3) is 4.11. The summed E-state index contributed by atoms with van der Waals surface area (Å²) in [6, 6.07) is 3.53. The van der Waals surface area contributed by atoms with Crippen molar-refractivity contribution < 1.29 is 17.9 Å². The van der Waals surface area contributed by atoms with E-state index in [-0.39, 0.29) is 11.2 Å². The lowest BCUT2D eigenvalue weighted by molar-refractivity contribution is -0.138. The molecule has 0 aliphatic rings. The van der Waals surface area contributed by atoms with Crippen LogP contribution in [0, 0.1) is 0 Å². The molecule has 22 heavy (non-hydrogen) atoms. The second kappa shape index (κ2) is 6.33. The van der Waals surface area contributed by atoms with E-state index in [0.29, 0.717) is 17.5 Å². The summed E-state index contributed by atoms with van der Waals surface area (Å²) in [5.74, 6) is 0. The molecule has 1 heterocycles. The van der Waals surface area contributed by atoms with E-state index in [1.165, 1.54) is 12.3 Å². The Labute approximate surface area is 136 Å². The van der Waals surface area contributed by atoms with Crippen molar-refractivity contribution in [2.24, 2.45) is 0 Å². The Kier molecular flexibility index (Phi) is 5.03. The number of alkyl halides is 3. The molecule has 8 heteroatoms. The first-order valence-electron chi connectivity index (χ1n) is 6.88. The summed E-state index contributed by atoms with van der Waals surface area (Å²) < 4.78 is 45.8. The number of nitrogens with zero attached hydrogens (tertiary/aromatic N) is 2. The van der Waals surface area contributed by atoms with Crippen LogP contribution in [-0.4, -0.2) is 24.5 Å². The van der Waals surface area contributed by atoms with Gasteiger partial charge in [-0.1, -0.05) is 19.6 Å². The number of rotatable bonds is 5. The van der Waals surface area contributed by atoms with Gasteiger partial charge in [-0.2, -0.15) is 18.3 Å². The lowest BCUT2D eigenvalue weighted by Gasteiger charge is -2.15. The zero-order valence-electron chi connectivity index (χ0n) is 12.7. The standard InChI is InChI=1S/C14H18BrF3N2OSi/c1-22(2,3)7-6-21-9-20-12-5-4-11(14(16,17)18)13(15)10(12)8-19-20/h4-5,8H,6-7,9H2,1-3H3. The zero-order valence-corrected chi connectivity index (χ0v) is 15.3. The molecule has 122 valence electrons. The summed E-state index contributed by atoms with van der Waals surface area (Å²) >= 11 is 3.03. The largest absolute Gasteiger partial charge is 0.417 e. The molecule has 0 fully saturated rings. The van der Waals surface area contributed by atoms with E-state index >= 15 is 0 Å². The van der Waals surface area contributed by atoms with Crippen LogP contribution in [0.2, 0.25) is 25.7 Å². The van der Waals surface area contributed by atoms with E-state index in [4.69, 9.17) is 4.74 Å². The van der Waals surface area contributed by atoms with Gasteiger partial charge in [0.2, 0.25) is 0 Å². The van der Waals surface area contributed by atoms with Crippen molar-refractivity contribution in [3.8, 4) is 0 Å². The van der Waals surface area contributed by atoms with Crippen molar-refractivity contribution in [1.29, 1.82) is 0 Å². The van der Waals surface area contributed by atoms with Gasteiger partial charge in [-0.25, -0.2) is 4.68 Å². The fourth-order valence-corrected chi connectivity index (χ4v) is 3.39. The predicted octanol–water partition coefficient (Wildman–Crippen LogP) is 5.13. The first-order chi connectivity index (χ1) is 10.1. The van der Waals surface area contributed by atoms with E-state index in [9.17, 15) is 13.2 Å². The van der Waals surface area contributed by atoms with Crippen molar-refractivity contribution in [2.75, 3.05) is 6.61 Å². The summed E-state index contributed by atoms with van der Waals surface area (Å²) in [5.41, 5.74) is -0.0768. The fraction of sp³-hybridized carbons (Fsp3) is 0.500. The fourth-order valence-electron chi connectivity index (χ4n) is 1.97. The normalized spacial score (nSPS) is 13.0. The topological polar surface area (TPSA) is 27.1 Å². The van der Waals surface area contributed by atoms with Gasteiger partial charge in [0.05, 0.1) is 17.3 Å². The van der Waals surface area contributed by atoms with Gasteiger partial charge >= 0.3 is 6.18 Å². The van der Waals surface area contributed by atoms with E-state index < -0.39 is 19.8 Å². The van der Waals surface area contributed by atoms with Gasteiger partial charge in [0, 0.05) is 24.5 Å². The van der Waals surface area contributed by atoms with E-state index in [1.807, 2.05) is 0 Å². The van der Waals surface area contributed by atoms with Gasteiger partial charge in [-0.15, -0.1) is 0 Å². The molecule has 1 aromatic carbocycles. The van der Waals surface area contributed by atoms with E-state index in [0.717, 1.165) is 12.1 Å². The molecule has 0 bridgehead atoms. The van der Waals surface area contributed by atoms with Crippen LogP contribution in [-0.2, 0) is 17.6 Å². The molecule has 0 amide bonds. The highest BCUT2D eigenvalue weighted by molar-refractivity contribution is 9.10. The smallest absolute Gasteiger partial charge is 0.360 e. The minimum Gasteiger partial charge on any atom is -0.360 e. The monoisotopic (exact) mass is 394 g/mol. The van der Waals surface area contributed by atoms with Crippen molar-refractivity contribution in [1.82, 2.24) is 9.78 Å². The molecule has 0 aliphatic heterocycles. The molecule has 0 spiro atoms. The maximum absolute atomic E-state index is 12.9. The summed E-state index contributed by atoms with van der Waals surface area (Å²) in [6.07, 6.45) is -2.96. The third-order valence-electron chi connectivity index (χ3n) is 3.28. The summed E-state index contributed by atoms with van der Waals surface area (Å²) in [6.45, 7) is 7.66. The minimum absolute atomic E-state index is 0.0193. The number of hydrogen-bond donors (Lipinski definition) is 0. The van der Waals surface area contributed by atoms with Crippen LogP contribution in [0.5, 0.6) is 0 Å². The molecule has 1 aromatic heterocycles. The van der Waals surface area contributed by atoms with Crippen molar-refractivity contribution in [2.45, 2.75) is 38.6 Å². The number of hydrogen-bond acceptors (Lipinski definition) is 2. The molecule has 2 aromatic rings. The highest BCUT2D eigenvalue weighted by Gasteiger charge is 2.33. The van der Waals surface area contributed by atoms with Crippen LogP contribution in [0.25, 0.3) is 10.9 Å². The van der Waals surface area contributed by atoms with Crippen molar-refractivity contribution >= 4 is 34.9 Å². The average molecular weight is 395 g/mol. The van der Waals surface area contributed by atoms with Crippen LogP contribution in [0.3, 0.4) is 0 Å². The molecule has 0 atom stereocenters. The first kappa shape index (κ1) is 17.5. The molecule has 0 aliphatic carbocycles. The second-order valence-electron chi connectivity index (χ2n) is 6.35. The highest BCUT2D eigenvalue weighted by atomic mass is 79.9. The zero-order chi connectivity index (χ0) is 16.5. The second-order valence-corrected chi connectivity index (χ2v) is 12.8. The van der Waals surface area contributed by atoms with Crippen LogP contribution in [0.15, 0.2) is 22.8 Å². The summed E-state index contributed by atoms with van der Waals surface area (Å²) in [4.78, 5) is 0. The summed E-state index contributed by atoms with van der Waals surface area (Å²) in [7, 11) is -1.16. The average Bonchev–Trinajstić information content (AvgIpc) is 2.76. The Balaban J connectivity index is 2.15. The molecule has 3 nitrogen and oxygen atoms in total. The van der Waals surface area contributed by atoms with Crippen LogP contribution >= 0.6 is 15.9 Å². The molecule has 0 N–H and O–H groups in total. The molecule has 0 unspecified atom stereocenters. The lowest BCUT2D eigenvalue weighted by Crippen LogP contribution is -2.22. The minimum atomic E-state index is -4.39. The number of halogens is 4. The third-order valence-corrected chi connectivity index (χ3v) is 5.83. The van der Waals surface area contributed by atoms with Gasteiger partial charge in [0.15, 0.2) is 0 Å². The first-order valence-corrected chi connectivity index (χ1v) is 11.4. The van der Waals surface area contributed by atoms with Gasteiger partial charge < -0.3 is 4.74 Å². The predicted molar refractivity (Wildman–Crippen MR) is 86.5 cm³/mol. The Hall–Kier alpha value is -0.863. The van der Waals surface area contributed by atoms with Gasteiger partial charge in [-0.3, -0.25) is 0 Å². The Bertz CT molecular complexity index is 664. The number of benzene rings is 1. The van der Waals surface area contributed by atoms with Crippen LogP contribution in [0.1, 0.15) is 5.56 Å². The number of aromatic nitrogens is 2. The van der Waals surface area contributed by atoms with Crippen molar-refractivity contribution in [3.05, 3.63) is 28.4 Å². The number of fused-ring (bicyclic) bond motifs is 1. The van der Waals surface area contributed by atoms with Gasteiger partial charge in [0.1, 0.15) is 6.73 Å². The Morgan fingerprint density at radius 1 is 1.27 bits per heavy atom. The molecule has 0 radical (unpaired) electrons. The van der Waals surface area contributed by atoms with E-state index in [2.05, 4.69) is 40.7 Å². The molecule has 0 saturated heterocycles. The highest BCUT2D eigenvalue weighted by Crippen LogP contribution is 2.38. The van der Waals surface area contributed by atoms with Gasteiger partial charge in [0.25, 0.3) is 0 Å². The van der Waals surface area contributed by atoms with Crippen molar-refractivity contribution in [3.63, 3.8) is 0 Å².